The van der Waals surface area contributed by atoms with Gasteiger partial charge in [0.15, 0.2) is 0 Å². The lowest BCUT2D eigenvalue weighted by atomic mass is 9.85. The summed E-state index contributed by atoms with van der Waals surface area (Å²) in [6.07, 6.45) is 8.29. The molecule has 11 heteroatoms. The number of amides is 2. The summed E-state index contributed by atoms with van der Waals surface area (Å²) in [6, 6.07) is 17.1. The van der Waals surface area contributed by atoms with Gasteiger partial charge in [0, 0.05) is 31.3 Å². The highest BCUT2D eigenvalue weighted by Crippen LogP contribution is 2.28. The lowest BCUT2D eigenvalue weighted by molar-refractivity contribution is -0.137. The quantitative estimate of drug-likeness (QED) is 0.293. The summed E-state index contributed by atoms with van der Waals surface area (Å²) in [6.45, 7) is 3.20. The van der Waals surface area contributed by atoms with Crippen LogP contribution in [0, 0.1) is 5.92 Å². The van der Waals surface area contributed by atoms with Crippen molar-refractivity contribution in [3.8, 4) is 11.5 Å². The minimum Gasteiger partial charge on any atom is -0.457 e. The van der Waals surface area contributed by atoms with Crippen molar-refractivity contribution < 1.29 is 19.1 Å². The number of benzene rings is 2. The first kappa shape index (κ1) is 34.5. The maximum absolute atomic E-state index is 13.6. The Balaban J connectivity index is 0.00000442. The third-order valence-electron chi connectivity index (χ3n) is 8.57. The number of hydrogen-bond donors (Lipinski definition) is 2. The molecule has 2 atom stereocenters. The molecule has 0 bridgehead atoms. The lowest BCUT2D eigenvalue weighted by Gasteiger charge is -2.31. The number of nitrogens with zero attached hydrogens (tertiary/aromatic N) is 2. The molecule has 5 rings (SSSR count). The van der Waals surface area contributed by atoms with Gasteiger partial charge in [0.05, 0.1) is 36.8 Å². The fraction of sp³-hybridized carbons (Fsp3) is 0.545. The lowest BCUT2D eigenvalue weighted by Crippen LogP contribution is -2.54. The summed E-state index contributed by atoms with van der Waals surface area (Å²) in [4.78, 5) is 31.0. The van der Waals surface area contributed by atoms with Gasteiger partial charge in [-0.05, 0) is 48.6 Å². The minimum atomic E-state index is -0.341. The smallest absolute Gasteiger partial charge is 0.238 e. The van der Waals surface area contributed by atoms with Crippen LogP contribution in [0.4, 0.5) is 0 Å². The van der Waals surface area contributed by atoms with Gasteiger partial charge >= 0.3 is 0 Å². The molecule has 2 aromatic rings. The second-order valence-electron chi connectivity index (χ2n) is 11.7. The molecule has 0 aromatic heterocycles. The predicted molar refractivity (Wildman–Crippen MR) is 183 cm³/mol. The largest absolute Gasteiger partial charge is 0.457 e. The van der Waals surface area contributed by atoms with Gasteiger partial charge in [-0.1, -0.05) is 74.7 Å². The number of para-hydroxylation sites is 1. The number of thiocarbonyl (C=S) groups is 1. The number of carbonyl (C=O) groups is 2. The maximum Gasteiger partial charge on any atom is 0.238 e. The summed E-state index contributed by atoms with van der Waals surface area (Å²) < 4.78 is 11.3. The molecule has 2 N–H and O–H groups in total. The van der Waals surface area contributed by atoms with E-state index in [9.17, 15) is 9.59 Å². The van der Waals surface area contributed by atoms with E-state index in [4.69, 9.17) is 21.7 Å². The van der Waals surface area contributed by atoms with Crippen LogP contribution in [0.15, 0.2) is 54.6 Å². The van der Waals surface area contributed by atoms with E-state index in [2.05, 4.69) is 10.6 Å². The van der Waals surface area contributed by atoms with Crippen molar-refractivity contribution >= 4 is 53.2 Å². The van der Waals surface area contributed by atoms with Crippen molar-refractivity contribution in [2.24, 2.45) is 5.92 Å². The summed E-state index contributed by atoms with van der Waals surface area (Å²) >= 11 is 7.59. The first-order chi connectivity index (χ1) is 21.0. The van der Waals surface area contributed by atoms with Gasteiger partial charge in [0.1, 0.15) is 11.5 Å². The SMILES string of the molecule is Cl.O=C(N[C@H](CCC1CCCCC1)C(=S)NCc1ccc(Oc2ccccc2)cc1)[C@@H]1CSCN1CC(=O)N1CCOCC1. The molecule has 2 amide bonds. The van der Waals surface area contributed by atoms with Crippen molar-refractivity contribution in [1.29, 1.82) is 0 Å². The molecular formula is C33H45ClN4O4S2. The fourth-order valence-electron chi connectivity index (χ4n) is 5.99. The van der Waals surface area contributed by atoms with E-state index in [1.54, 1.807) is 11.8 Å². The van der Waals surface area contributed by atoms with Gasteiger partial charge in [0.25, 0.3) is 0 Å². The maximum atomic E-state index is 13.6. The molecular weight excluding hydrogens is 616 g/mol. The molecule has 3 aliphatic rings. The van der Waals surface area contributed by atoms with Crippen LogP contribution in [0.5, 0.6) is 11.5 Å². The zero-order valence-corrected chi connectivity index (χ0v) is 27.7. The van der Waals surface area contributed by atoms with E-state index in [0.29, 0.717) is 55.4 Å². The Bertz CT molecular complexity index is 1190. The molecule has 2 aromatic carbocycles. The molecule has 8 nitrogen and oxygen atoms in total. The van der Waals surface area contributed by atoms with E-state index >= 15 is 0 Å². The molecule has 3 fully saturated rings. The molecule has 0 spiro atoms. The second kappa shape index (κ2) is 17.9. The van der Waals surface area contributed by atoms with Gasteiger partial charge in [-0.2, -0.15) is 0 Å². The van der Waals surface area contributed by atoms with Crippen molar-refractivity contribution in [3.05, 3.63) is 60.2 Å². The number of morpholine rings is 1. The molecule has 1 aliphatic carbocycles. The van der Waals surface area contributed by atoms with Crippen LogP contribution in [0.2, 0.25) is 0 Å². The monoisotopic (exact) mass is 660 g/mol. The third-order valence-corrected chi connectivity index (χ3v) is 10.1. The zero-order valence-electron chi connectivity index (χ0n) is 25.3. The zero-order chi connectivity index (χ0) is 29.9. The van der Waals surface area contributed by atoms with Crippen LogP contribution in [0.25, 0.3) is 0 Å². The number of halogens is 1. The molecule has 1 saturated carbocycles. The van der Waals surface area contributed by atoms with Crippen LogP contribution in [-0.4, -0.2) is 83.2 Å². The number of thioether (sulfide) groups is 1. The Morgan fingerprint density at radius 3 is 2.43 bits per heavy atom. The molecule has 240 valence electrons. The highest BCUT2D eigenvalue weighted by molar-refractivity contribution is 7.99. The van der Waals surface area contributed by atoms with E-state index in [1.165, 1.54) is 32.1 Å². The van der Waals surface area contributed by atoms with E-state index in [-0.39, 0.29) is 42.8 Å². The van der Waals surface area contributed by atoms with Crippen molar-refractivity contribution in [3.63, 3.8) is 0 Å². The first-order valence-corrected chi connectivity index (χ1v) is 17.2. The van der Waals surface area contributed by atoms with Crippen molar-refractivity contribution in [2.75, 3.05) is 44.5 Å². The van der Waals surface area contributed by atoms with Crippen molar-refractivity contribution in [2.45, 2.75) is 63.6 Å². The third kappa shape index (κ3) is 10.3. The number of ether oxygens (including phenoxy) is 2. The molecule has 2 aliphatic heterocycles. The van der Waals surface area contributed by atoms with E-state index in [1.807, 2.05) is 64.4 Å². The Hall–Kier alpha value is -2.37. The number of nitrogens with one attached hydrogen (secondary N) is 2. The topological polar surface area (TPSA) is 83.1 Å². The molecule has 2 saturated heterocycles. The average Bonchev–Trinajstić information content (AvgIpc) is 3.52. The predicted octanol–water partition coefficient (Wildman–Crippen LogP) is 5.40. The van der Waals surface area contributed by atoms with Gasteiger partial charge in [-0.15, -0.1) is 24.2 Å². The van der Waals surface area contributed by atoms with Gasteiger partial charge in [-0.3, -0.25) is 14.5 Å². The Morgan fingerprint density at radius 2 is 1.70 bits per heavy atom. The number of carbonyl (C=O) groups excluding carboxylic acids is 2. The van der Waals surface area contributed by atoms with Gasteiger partial charge < -0.3 is 25.0 Å². The molecule has 0 unspecified atom stereocenters. The van der Waals surface area contributed by atoms with E-state index < -0.39 is 0 Å². The van der Waals surface area contributed by atoms with Crippen LogP contribution >= 0.6 is 36.4 Å². The highest BCUT2D eigenvalue weighted by atomic mass is 35.5. The van der Waals surface area contributed by atoms with Crippen LogP contribution in [0.1, 0.15) is 50.5 Å². The molecule has 2 heterocycles. The summed E-state index contributed by atoms with van der Waals surface area (Å²) in [5.74, 6) is 3.65. The van der Waals surface area contributed by atoms with Gasteiger partial charge in [-0.25, -0.2) is 0 Å². The normalized spacial score (nSPS) is 19.9. The summed E-state index contributed by atoms with van der Waals surface area (Å²) in [5, 5.41) is 6.71. The standard InChI is InChI=1S/C33H44N4O4S2.ClH/c38-31(36-17-19-40-20-18-36)22-37-24-43-23-30(37)32(39)35-29(16-13-25-7-3-1-4-8-25)33(42)34-21-26-11-14-28(15-12-26)41-27-9-5-2-6-10-27;/h2,5-6,9-12,14-15,25,29-30H,1,3-4,7-8,13,16-24H2,(H,34,42)(H,35,39);1H/t29-,30+;/m1./s1. The summed E-state index contributed by atoms with van der Waals surface area (Å²) in [5.41, 5.74) is 1.08. The molecule has 0 radical (unpaired) electrons. The number of rotatable bonds is 12. The Morgan fingerprint density at radius 1 is 1.00 bits per heavy atom. The first-order valence-electron chi connectivity index (χ1n) is 15.6. The minimum absolute atomic E-state index is 0. The summed E-state index contributed by atoms with van der Waals surface area (Å²) in [7, 11) is 0. The Kier molecular flexibility index (Phi) is 14.1. The van der Waals surface area contributed by atoms with Crippen LogP contribution < -0.4 is 15.4 Å². The van der Waals surface area contributed by atoms with Crippen LogP contribution in [-0.2, 0) is 20.9 Å². The highest BCUT2D eigenvalue weighted by Gasteiger charge is 2.35. The molecule has 44 heavy (non-hydrogen) atoms. The van der Waals surface area contributed by atoms with Crippen molar-refractivity contribution in [1.82, 2.24) is 20.4 Å². The van der Waals surface area contributed by atoms with Crippen LogP contribution in [0.3, 0.4) is 0 Å². The second-order valence-corrected chi connectivity index (χ2v) is 13.1. The fourth-order valence-corrected chi connectivity index (χ4v) is 7.43. The average molecular weight is 661 g/mol. The number of hydrogen-bond acceptors (Lipinski definition) is 7. The van der Waals surface area contributed by atoms with E-state index in [0.717, 1.165) is 29.9 Å². The Labute approximate surface area is 277 Å². The van der Waals surface area contributed by atoms with Gasteiger partial charge in [0.2, 0.25) is 11.8 Å².